The van der Waals surface area contributed by atoms with Gasteiger partial charge in [-0.2, -0.15) is 0 Å². The zero-order chi connectivity index (χ0) is 21.8. The second kappa shape index (κ2) is 9.27. The molecular formula is C24H19ClF2N2O2. The van der Waals surface area contributed by atoms with Gasteiger partial charge in [0.25, 0.3) is 5.91 Å². The molecule has 4 rings (SSSR count). The van der Waals surface area contributed by atoms with E-state index in [0.29, 0.717) is 17.0 Å². The summed E-state index contributed by atoms with van der Waals surface area (Å²) in [4.78, 5) is 20.1. The predicted octanol–water partition coefficient (Wildman–Crippen LogP) is 5.45. The van der Waals surface area contributed by atoms with Crippen LogP contribution in [-0.4, -0.2) is 29.2 Å². The number of nitrogens with zero attached hydrogens (tertiary/aromatic N) is 2. The van der Waals surface area contributed by atoms with Crippen molar-refractivity contribution in [3.8, 4) is 0 Å². The molecule has 0 fully saturated rings. The zero-order valence-corrected chi connectivity index (χ0v) is 17.2. The first kappa shape index (κ1) is 21.0. The highest BCUT2D eigenvalue weighted by atomic mass is 35.5. The second-order valence-electron chi connectivity index (χ2n) is 7.27. The highest BCUT2D eigenvalue weighted by molar-refractivity contribution is 6.30. The van der Waals surface area contributed by atoms with Gasteiger partial charge >= 0.3 is 0 Å². The van der Waals surface area contributed by atoms with Gasteiger partial charge in [0.15, 0.2) is 6.10 Å². The largest absolute Gasteiger partial charge is 0.390 e. The van der Waals surface area contributed by atoms with E-state index in [0.717, 1.165) is 11.3 Å². The Bertz CT molecular complexity index is 1120. The van der Waals surface area contributed by atoms with Crippen molar-refractivity contribution in [3.63, 3.8) is 0 Å². The van der Waals surface area contributed by atoms with Crippen molar-refractivity contribution in [2.75, 3.05) is 6.54 Å². The first-order valence-corrected chi connectivity index (χ1v) is 10.1. The quantitative estimate of drug-likeness (QED) is 0.511. The summed E-state index contributed by atoms with van der Waals surface area (Å²) in [6.45, 7) is 0.283. The Balaban J connectivity index is 1.53. The second-order valence-corrected chi connectivity index (χ2v) is 7.71. The molecule has 1 aliphatic heterocycles. The van der Waals surface area contributed by atoms with Gasteiger partial charge in [-0.15, -0.1) is 0 Å². The fourth-order valence-electron chi connectivity index (χ4n) is 3.46. The van der Waals surface area contributed by atoms with E-state index in [-0.39, 0.29) is 18.7 Å². The number of hydrogen-bond acceptors (Lipinski definition) is 3. The minimum absolute atomic E-state index is 0.0456. The Hall–Kier alpha value is -3.25. The van der Waals surface area contributed by atoms with Gasteiger partial charge in [0.2, 0.25) is 0 Å². The summed E-state index contributed by atoms with van der Waals surface area (Å²) in [6.07, 6.45) is 0.0706. The number of oxime groups is 1. The van der Waals surface area contributed by atoms with Crippen molar-refractivity contribution in [3.05, 3.63) is 106 Å². The lowest BCUT2D eigenvalue weighted by Crippen LogP contribution is -2.37. The van der Waals surface area contributed by atoms with Gasteiger partial charge in [-0.25, -0.2) is 8.78 Å². The zero-order valence-electron chi connectivity index (χ0n) is 16.5. The summed E-state index contributed by atoms with van der Waals surface area (Å²) < 4.78 is 27.9. The summed E-state index contributed by atoms with van der Waals surface area (Å²) in [7, 11) is 0. The van der Waals surface area contributed by atoms with E-state index in [1.165, 1.54) is 35.2 Å². The van der Waals surface area contributed by atoms with E-state index in [4.69, 9.17) is 16.4 Å². The maximum absolute atomic E-state index is 14.3. The fraction of sp³-hybridized carbons (Fsp3) is 0.167. The van der Waals surface area contributed by atoms with Crippen LogP contribution >= 0.6 is 11.6 Å². The fourth-order valence-corrected chi connectivity index (χ4v) is 3.59. The topological polar surface area (TPSA) is 41.9 Å². The van der Waals surface area contributed by atoms with Crippen LogP contribution in [0.2, 0.25) is 5.02 Å². The van der Waals surface area contributed by atoms with Crippen LogP contribution in [-0.2, 0) is 11.4 Å². The first-order chi connectivity index (χ1) is 15.0. The van der Waals surface area contributed by atoms with Crippen LogP contribution in [0, 0.1) is 11.6 Å². The van der Waals surface area contributed by atoms with Crippen molar-refractivity contribution >= 4 is 23.2 Å². The van der Waals surface area contributed by atoms with Gasteiger partial charge in [-0.3, -0.25) is 4.79 Å². The van der Waals surface area contributed by atoms with Crippen LogP contribution in [0.1, 0.15) is 27.9 Å². The molecule has 1 amide bonds. The average molecular weight is 441 g/mol. The molecule has 0 aromatic heterocycles. The molecule has 0 spiro atoms. The molecule has 4 nitrogen and oxygen atoms in total. The van der Waals surface area contributed by atoms with Crippen LogP contribution in [0.5, 0.6) is 0 Å². The molecular weight excluding hydrogens is 422 g/mol. The molecule has 0 radical (unpaired) electrons. The van der Waals surface area contributed by atoms with Crippen molar-refractivity contribution in [2.24, 2.45) is 5.16 Å². The predicted molar refractivity (Wildman–Crippen MR) is 115 cm³/mol. The van der Waals surface area contributed by atoms with E-state index in [9.17, 15) is 13.6 Å². The minimum atomic E-state index is -0.609. The number of rotatable bonds is 6. The first-order valence-electron chi connectivity index (χ1n) is 9.76. The van der Waals surface area contributed by atoms with Gasteiger partial charge in [0, 0.05) is 18.0 Å². The number of amides is 1. The standard InChI is InChI=1S/C24H19ClF2N2O2/c25-18-10-8-17(9-11-18)23-13-20(31-28-23)15-29(14-16-4-3-5-19(26)12-16)24(30)21-6-1-2-7-22(21)27/h1-12,20H,13-15H2. The van der Waals surface area contributed by atoms with Crippen LogP contribution in [0.15, 0.2) is 78.0 Å². The SMILES string of the molecule is O=C(c1ccccc1F)N(Cc1cccc(F)c1)CC1CC(c2ccc(Cl)cc2)=NO1. The van der Waals surface area contributed by atoms with Crippen LogP contribution < -0.4 is 0 Å². The Morgan fingerprint density at radius 3 is 2.58 bits per heavy atom. The van der Waals surface area contributed by atoms with Gasteiger partial charge in [-0.05, 0) is 47.5 Å². The summed E-state index contributed by atoms with van der Waals surface area (Å²) in [5, 5.41) is 4.76. The molecule has 3 aromatic rings. The third kappa shape index (κ3) is 5.09. The van der Waals surface area contributed by atoms with Gasteiger partial charge in [0.1, 0.15) is 11.6 Å². The lowest BCUT2D eigenvalue weighted by atomic mass is 10.0. The van der Waals surface area contributed by atoms with Crippen molar-refractivity contribution in [1.82, 2.24) is 4.90 Å². The third-order valence-electron chi connectivity index (χ3n) is 4.99. The summed E-state index contributed by atoms with van der Waals surface area (Å²) in [5.41, 5.74) is 2.17. The van der Waals surface area contributed by atoms with Gasteiger partial charge in [-0.1, -0.05) is 53.2 Å². The number of carbonyl (C=O) groups is 1. The van der Waals surface area contributed by atoms with E-state index < -0.39 is 23.6 Å². The molecule has 0 saturated heterocycles. The molecule has 1 aliphatic rings. The van der Waals surface area contributed by atoms with Crippen LogP contribution in [0.25, 0.3) is 0 Å². The van der Waals surface area contributed by atoms with Gasteiger partial charge in [0.05, 0.1) is 17.8 Å². The Kier molecular flexibility index (Phi) is 6.28. The molecule has 1 unspecified atom stereocenters. The molecule has 7 heteroatoms. The van der Waals surface area contributed by atoms with E-state index in [2.05, 4.69) is 5.16 Å². The van der Waals surface area contributed by atoms with E-state index >= 15 is 0 Å². The maximum atomic E-state index is 14.3. The van der Waals surface area contributed by atoms with Crippen LogP contribution in [0.4, 0.5) is 8.78 Å². The normalized spacial score (nSPS) is 15.3. The molecule has 1 atom stereocenters. The molecule has 0 aliphatic carbocycles. The maximum Gasteiger partial charge on any atom is 0.257 e. The summed E-state index contributed by atoms with van der Waals surface area (Å²) in [6, 6.07) is 19.0. The van der Waals surface area contributed by atoms with E-state index in [1.54, 1.807) is 30.3 Å². The lowest BCUT2D eigenvalue weighted by Gasteiger charge is -2.25. The number of hydrogen-bond donors (Lipinski definition) is 0. The Labute approximate surface area is 183 Å². The molecule has 0 bridgehead atoms. The number of benzene rings is 3. The molecule has 0 N–H and O–H groups in total. The number of carbonyl (C=O) groups excluding carboxylic acids is 1. The van der Waals surface area contributed by atoms with Crippen molar-refractivity contribution in [2.45, 2.75) is 19.1 Å². The average Bonchev–Trinajstić information content (AvgIpc) is 3.22. The lowest BCUT2D eigenvalue weighted by molar-refractivity contribution is 0.0402. The van der Waals surface area contributed by atoms with Crippen molar-refractivity contribution < 1.29 is 18.4 Å². The number of halogens is 3. The monoisotopic (exact) mass is 440 g/mol. The molecule has 158 valence electrons. The molecule has 0 saturated carbocycles. The Morgan fingerprint density at radius 1 is 1.06 bits per heavy atom. The highest BCUT2D eigenvalue weighted by Crippen LogP contribution is 2.22. The Morgan fingerprint density at radius 2 is 1.84 bits per heavy atom. The molecule has 31 heavy (non-hydrogen) atoms. The summed E-state index contributed by atoms with van der Waals surface area (Å²) >= 11 is 5.94. The third-order valence-corrected chi connectivity index (χ3v) is 5.24. The smallest absolute Gasteiger partial charge is 0.257 e. The van der Waals surface area contributed by atoms with E-state index in [1.807, 2.05) is 12.1 Å². The molecule has 3 aromatic carbocycles. The highest BCUT2D eigenvalue weighted by Gasteiger charge is 2.28. The summed E-state index contributed by atoms with van der Waals surface area (Å²) in [5.74, 6) is -1.51. The van der Waals surface area contributed by atoms with Crippen LogP contribution in [0.3, 0.4) is 0 Å². The van der Waals surface area contributed by atoms with Crippen molar-refractivity contribution in [1.29, 1.82) is 0 Å². The van der Waals surface area contributed by atoms with Gasteiger partial charge < -0.3 is 9.74 Å². The minimum Gasteiger partial charge on any atom is -0.390 e. The molecule has 1 heterocycles.